The van der Waals surface area contributed by atoms with Crippen LogP contribution in [-0.4, -0.2) is 28.9 Å². The van der Waals surface area contributed by atoms with E-state index in [0.717, 1.165) is 6.21 Å². The van der Waals surface area contributed by atoms with Gasteiger partial charge in [0.1, 0.15) is 0 Å². The van der Waals surface area contributed by atoms with Crippen LogP contribution < -0.4 is 15.5 Å². The van der Waals surface area contributed by atoms with E-state index in [-0.39, 0.29) is 33.4 Å². The summed E-state index contributed by atoms with van der Waals surface area (Å²) in [7, 11) is 0. The summed E-state index contributed by atoms with van der Waals surface area (Å²) in [6.45, 7) is 0. The number of nitrogens with zero attached hydrogens (tertiary/aromatic N) is 2. The van der Waals surface area contributed by atoms with Gasteiger partial charge in [-0.05, 0) is 66.7 Å². The van der Waals surface area contributed by atoms with E-state index in [2.05, 4.69) is 15.8 Å². The predicted molar refractivity (Wildman–Crippen MR) is 150 cm³/mol. The van der Waals surface area contributed by atoms with Gasteiger partial charge in [-0.15, -0.1) is 0 Å². The number of amides is 2. The first kappa shape index (κ1) is 28.0. The van der Waals surface area contributed by atoms with Crippen LogP contribution in [0.5, 0.6) is 5.75 Å². The number of hydrogen-bond acceptors (Lipinski definition) is 7. The Labute approximate surface area is 237 Å². The van der Waals surface area contributed by atoms with Crippen molar-refractivity contribution >= 4 is 58.6 Å². The molecule has 12 heteroatoms. The van der Waals surface area contributed by atoms with Gasteiger partial charge in [0.2, 0.25) is 5.75 Å². The summed E-state index contributed by atoms with van der Waals surface area (Å²) in [5.41, 5.74) is 3.02. The largest absolute Gasteiger partial charge is 0.415 e. The van der Waals surface area contributed by atoms with Gasteiger partial charge in [-0.3, -0.25) is 19.7 Å². The molecule has 4 rings (SSSR count). The lowest BCUT2D eigenvalue weighted by atomic mass is 10.1. The number of carbonyl (C=O) groups excluding carboxylic acids is 3. The summed E-state index contributed by atoms with van der Waals surface area (Å²) in [6, 6.07) is 22.5. The van der Waals surface area contributed by atoms with Crippen molar-refractivity contribution in [2.45, 2.75) is 0 Å². The van der Waals surface area contributed by atoms with E-state index < -0.39 is 22.5 Å². The van der Waals surface area contributed by atoms with E-state index in [4.69, 9.17) is 27.9 Å². The number of nitro groups is 1. The molecule has 10 nitrogen and oxygen atoms in total. The quantitative estimate of drug-likeness (QED) is 0.0848. The van der Waals surface area contributed by atoms with Crippen LogP contribution >= 0.6 is 23.2 Å². The molecule has 0 atom stereocenters. The van der Waals surface area contributed by atoms with Gasteiger partial charge in [0.15, 0.2) is 0 Å². The van der Waals surface area contributed by atoms with Gasteiger partial charge in [-0.1, -0.05) is 41.4 Å². The van der Waals surface area contributed by atoms with Crippen molar-refractivity contribution in [3.8, 4) is 5.75 Å². The second-order valence-corrected chi connectivity index (χ2v) is 8.90. The number of halogens is 2. The van der Waals surface area contributed by atoms with Gasteiger partial charge in [0, 0.05) is 33.5 Å². The number of benzene rings is 4. The van der Waals surface area contributed by atoms with Gasteiger partial charge in [0.25, 0.3) is 11.8 Å². The number of ether oxygens (including phenoxy) is 1. The minimum Gasteiger partial charge on any atom is -0.415 e. The number of hydrogen-bond donors (Lipinski definition) is 2. The van der Waals surface area contributed by atoms with Gasteiger partial charge in [-0.2, -0.15) is 5.10 Å². The molecule has 0 heterocycles. The highest BCUT2D eigenvalue weighted by molar-refractivity contribution is 6.33. The maximum Gasteiger partial charge on any atom is 0.345 e. The van der Waals surface area contributed by atoms with E-state index in [1.165, 1.54) is 42.5 Å². The number of nitro benzene ring substituents is 1. The molecular weight excluding hydrogens is 559 g/mol. The number of nitrogens with one attached hydrogen (secondary N) is 2. The third kappa shape index (κ3) is 6.87. The lowest BCUT2D eigenvalue weighted by Crippen LogP contribution is -2.18. The third-order valence-corrected chi connectivity index (χ3v) is 5.97. The second-order valence-electron chi connectivity index (χ2n) is 8.06. The van der Waals surface area contributed by atoms with E-state index in [0.29, 0.717) is 16.3 Å². The van der Waals surface area contributed by atoms with Crippen LogP contribution in [0.25, 0.3) is 0 Å². The Morgan fingerprint density at radius 1 is 0.825 bits per heavy atom. The average molecular weight is 577 g/mol. The normalized spacial score (nSPS) is 10.7. The Balaban J connectivity index is 1.44. The van der Waals surface area contributed by atoms with Crippen molar-refractivity contribution in [3.05, 3.63) is 133 Å². The Hall–Kier alpha value is -5.06. The van der Waals surface area contributed by atoms with Gasteiger partial charge < -0.3 is 10.1 Å². The smallest absolute Gasteiger partial charge is 0.345 e. The molecule has 200 valence electrons. The molecule has 0 saturated carbocycles. The fraction of sp³-hybridized carbons (Fsp3) is 0. The summed E-state index contributed by atoms with van der Waals surface area (Å²) < 4.78 is 5.32. The van der Waals surface area contributed by atoms with Crippen molar-refractivity contribution in [3.63, 3.8) is 0 Å². The zero-order chi connectivity index (χ0) is 28.6. The van der Waals surface area contributed by atoms with Crippen molar-refractivity contribution in [1.82, 2.24) is 5.43 Å². The molecule has 0 saturated heterocycles. The maximum absolute atomic E-state index is 12.6. The van der Waals surface area contributed by atoms with Crippen molar-refractivity contribution in [2.75, 3.05) is 5.32 Å². The molecule has 0 spiro atoms. The topological polar surface area (TPSA) is 140 Å². The fourth-order valence-electron chi connectivity index (χ4n) is 3.41. The first-order valence-electron chi connectivity index (χ1n) is 11.5. The number of hydrazone groups is 1. The zero-order valence-corrected chi connectivity index (χ0v) is 21.8. The van der Waals surface area contributed by atoms with Crippen LogP contribution in [0.3, 0.4) is 0 Å². The summed E-state index contributed by atoms with van der Waals surface area (Å²) in [5.74, 6) is -2.20. The molecule has 40 heavy (non-hydrogen) atoms. The van der Waals surface area contributed by atoms with Crippen molar-refractivity contribution < 1.29 is 24.0 Å². The molecule has 2 amide bonds. The van der Waals surface area contributed by atoms with E-state index in [1.807, 2.05) is 0 Å². The van der Waals surface area contributed by atoms with Crippen LogP contribution in [0.1, 0.15) is 36.6 Å². The lowest BCUT2D eigenvalue weighted by molar-refractivity contribution is -0.385. The van der Waals surface area contributed by atoms with Crippen LogP contribution in [-0.2, 0) is 0 Å². The maximum atomic E-state index is 12.6. The molecule has 4 aromatic carbocycles. The van der Waals surface area contributed by atoms with E-state index >= 15 is 0 Å². The molecule has 0 unspecified atom stereocenters. The van der Waals surface area contributed by atoms with Crippen LogP contribution in [0.15, 0.2) is 96.1 Å². The van der Waals surface area contributed by atoms with E-state index in [9.17, 15) is 24.5 Å². The van der Waals surface area contributed by atoms with Crippen LogP contribution in [0.2, 0.25) is 10.0 Å². The highest BCUT2D eigenvalue weighted by atomic mass is 35.5. The van der Waals surface area contributed by atoms with Gasteiger partial charge in [0.05, 0.1) is 21.7 Å². The summed E-state index contributed by atoms with van der Waals surface area (Å²) in [5, 5.41) is 18.7. The minimum atomic E-state index is -0.901. The molecule has 0 radical (unpaired) electrons. The summed E-state index contributed by atoms with van der Waals surface area (Å²) >= 11 is 11.9. The monoisotopic (exact) mass is 576 g/mol. The highest BCUT2D eigenvalue weighted by Gasteiger charge is 2.23. The summed E-state index contributed by atoms with van der Waals surface area (Å²) in [4.78, 5) is 48.4. The second kappa shape index (κ2) is 12.7. The number of esters is 1. The number of rotatable bonds is 8. The first-order chi connectivity index (χ1) is 19.2. The first-order valence-corrected chi connectivity index (χ1v) is 12.2. The van der Waals surface area contributed by atoms with Gasteiger partial charge >= 0.3 is 11.7 Å². The third-order valence-electron chi connectivity index (χ3n) is 5.39. The average Bonchev–Trinajstić information content (AvgIpc) is 2.94. The summed E-state index contributed by atoms with van der Waals surface area (Å²) in [6.07, 6.45) is 1.11. The zero-order valence-electron chi connectivity index (χ0n) is 20.3. The molecule has 0 fully saturated rings. The number of anilines is 1. The highest BCUT2D eigenvalue weighted by Crippen LogP contribution is 2.31. The molecule has 0 aliphatic rings. The number of carbonyl (C=O) groups is 3. The van der Waals surface area contributed by atoms with Gasteiger partial charge in [-0.25, -0.2) is 10.2 Å². The standard InChI is InChI=1S/C28H18Cl2N4O6/c29-20-12-8-17(9-13-20)26(35)32-21-14-10-18(11-15-21)27(36)33-31-16-19-4-3-7-24(34(38)39)25(19)40-28(37)22-5-1-2-6-23(22)30/h1-16H,(H,32,35)(H,33,36)/b31-16+. The fourth-order valence-corrected chi connectivity index (χ4v) is 3.75. The molecule has 4 aromatic rings. The van der Waals surface area contributed by atoms with Crippen molar-refractivity contribution in [2.24, 2.45) is 5.10 Å². The molecule has 2 N–H and O–H groups in total. The Morgan fingerprint density at radius 2 is 1.48 bits per heavy atom. The Kier molecular flexibility index (Phi) is 8.85. The van der Waals surface area contributed by atoms with Crippen LogP contribution in [0, 0.1) is 10.1 Å². The Morgan fingerprint density at radius 3 is 2.15 bits per heavy atom. The van der Waals surface area contributed by atoms with E-state index in [1.54, 1.807) is 48.5 Å². The SMILES string of the molecule is O=C(N/N=C/c1cccc([N+](=O)[O-])c1OC(=O)c1ccccc1Cl)c1ccc(NC(=O)c2ccc(Cl)cc2)cc1. The molecular formula is C28H18Cl2N4O6. The minimum absolute atomic E-state index is 0.0197. The van der Waals surface area contributed by atoms with Crippen molar-refractivity contribution in [1.29, 1.82) is 0 Å². The Bertz CT molecular complexity index is 1620. The molecule has 0 aromatic heterocycles. The lowest BCUT2D eigenvalue weighted by Gasteiger charge is -2.09. The molecule has 0 aliphatic heterocycles. The number of para-hydroxylation sites is 1. The predicted octanol–water partition coefficient (Wildman–Crippen LogP) is 6.14. The molecule has 0 bridgehead atoms. The molecule has 0 aliphatic carbocycles. The van der Waals surface area contributed by atoms with Crippen LogP contribution in [0.4, 0.5) is 11.4 Å².